The first-order valence-electron chi connectivity index (χ1n) is 7.40. The zero-order valence-electron chi connectivity index (χ0n) is 12.1. The minimum atomic E-state index is -3.07. The number of amides is 1. The van der Waals surface area contributed by atoms with Gasteiger partial charge in [-0.3, -0.25) is 4.79 Å². The molecule has 0 aromatic heterocycles. The molecule has 2 fully saturated rings. The maximum absolute atomic E-state index is 11.5. The van der Waals surface area contributed by atoms with Crippen molar-refractivity contribution >= 4 is 15.9 Å². The molecule has 1 saturated carbocycles. The van der Waals surface area contributed by atoms with Crippen LogP contribution in [0.3, 0.4) is 0 Å². The van der Waals surface area contributed by atoms with Gasteiger partial charge in [0.2, 0.25) is 15.9 Å². The van der Waals surface area contributed by atoms with E-state index in [1.165, 1.54) is 6.26 Å². The lowest BCUT2D eigenvalue weighted by atomic mass is 10.00. The van der Waals surface area contributed by atoms with Crippen molar-refractivity contribution in [3.05, 3.63) is 0 Å². The molecule has 1 saturated heterocycles. The normalized spacial score (nSPS) is 24.6. The number of carbonyl (C=O) groups is 1. The number of rotatable bonds is 7. The van der Waals surface area contributed by atoms with Gasteiger partial charge in [-0.25, -0.2) is 12.7 Å². The van der Waals surface area contributed by atoms with Crippen LogP contribution >= 0.6 is 0 Å². The summed E-state index contributed by atoms with van der Waals surface area (Å²) in [6, 6.07) is 0.421. The average molecular weight is 303 g/mol. The molecule has 1 atom stereocenters. The second-order valence-electron chi connectivity index (χ2n) is 5.93. The van der Waals surface area contributed by atoms with Gasteiger partial charge < -0.3 is 10.6 Å². The molecule has 0 aromatic rings. The first-order valence-corrected chi connectivity index (χ1v) is 9.25. The Bertz CT molecular complexity index is 434. The lowest BCUT2D eigenvalue weighted by Gasteiger charge is -2.31. The Kier molecular flexibility index (Phi) is 5.40. The molecule has 2 rings (SSSR count). The molecule has 2 aliphatic rings. The summed E-state index contributed by atoms with van der Waals surface area (Å²) in [5, 5.41) is 6.22. The molecule has 0 spiro atoms. The van der Waals surface area contributed by atoms with Gasteiger partial charge in [0.25, 0.3) is 0 Å². The molecule has 0 radical (unpaired) electrons. The van der Waals surface area contributed by atoms with Gasteiger partial charge >= 0.3 is 0 Å². The van der Waals surface area contributed by atoms with Gasteiger partial charge in [-0.1, -0.05) is 0 Å². The van der Waals surface area contributed by atoms with Gasteiger partial charge in [0.1, 0.15) is 0 Å². The second kappa shape index (κ2) is 6.87. The lowest BCUT2D eigenvalue weighted by Crippen LogP contribution is -2.42. The van der Waals surface area contributed by atoms with Gasteiger partial charge in [-0.05, 0) is 38.1 Å². The molecule has 6 nitrogen and oxygen atoms in total. The van der Waals surface area contributed by atoms with Crippen LogP contribution < -0.4 is 10.6 Å². The van der Waals surface area contributed by atoms with Crippen molar-refractivity contribution in [2.24, 2.45) is 5.92 Å². The highest BCUT2D eigenvalue weighted by atomic mass is 32.2. The quantitative estimate of drug-likeness (QED) is 0.645. The van der Waals surface area contributed by atoms with Crippen LogP contribution in [-0.4, -0.2) is 57.1 Å². The topological polar surface area (TPSA) is 78.5 Å². The minimum absolute atomic E-state index is 0.112. The third kappa shape index (κ3) is 5.38. The van der Waals surface area contributed by atoms with Crippen LogP contribution in [0, 0.1) is 5.92 Å². The van der Waals surface area contributed by atoms with Crippen LogP contribution in [0.15, 0.2) is 0 Å². The maximum Gasteiger partial charge on any atom is 0.221 e. The lowest BCUT2D eigenvalue weighted by molar-refractivity contribution is -0.121. The zero-order valence-corrected chi connectivity index (χ0v) is 12.9. The third-order valence-electron chi connectivity index (χ3n) is 3.86. The number of carbonyl (C=O) groups excluding carboxylic acids is 1. The van der Waals surface area contributed by atoms with E-state index in [1.807, 2.05) is 0 Å². The van der Waals surface area contributed by atoms with Crippen LogP contribution in [0.2, 0.25) is 0 Å². The Labute approximate surface area is 121 Å². The van der Waals surface area contributed by atoms with E-state index < -0.39 is 10.0 Å². The van der Waals surface area contributed by atoms with E-state index in [0.29, 0.717) is 38.0 Å². The van der Waals surface area contributed by atoms with Gasteiger partial charge in [0.15, 0.2) is 0 Å². The first kappa shape index (κ1) is 15.7. The highest BCUT2D eigenvalue weighted by Gasteiger charge is 2.25. The van der Waals surface area contributed by atoms with E-state index >= 15 is 0 Å². The largest absolute Gasteiger partial charge is 0.353 e. The number of nitrogens with zero attached hydrogens (tertiary/aromatic N) is 1. The fraction of sp³-hybridized carbons (Fsp3) is 0.923. The molecule has 0 aromatic carbocycles. The zero-order chi connectivity index (χ0) is 14.6. The second-order valence-corrected chi connectivity index (χ2v) is 7.91. The summed E-state index contributed by atoms with van der Waals surface area (Å²) in [6.07, 6.45) is 5.96. The fourth-order valence-corrected chi connectivity index (χ4v) is 3.47. The van der Waals surface area contributed by atoms with E-state index in [-0.39, 0.29) is 5.91 Å². The summed E-state index contributed by atoms with van der Waals surface area (Å²) in [5.74, 6) is 0.464. The number of nitrogens with one attached hydrogen (secondary N) is 2. The van der Waals surface area contributed by atoms with Crippen molar-refractivity contribution in [1.29, 1.82) is 0 Å². The van der Waals surface area contributed by atoms with Gasteiger partial charge in [0.05, 0.1) is 6.26 Å². The highest BCUT2D eigenvalue weighted by molar-refractivity contribution is 7.88. The minimum Gasteiger partial charge on any atom is -0.353 e. The Morgan fingerprint density at radius 2 is 2.05 bits per heavy atom. The number of hydrogen-bond donors (Lipinski definition) is 2. The number of hydrogen-bond acceptors (Lipinski definition) is 4. The van der Waals surface area contributed by atoms with Crippen molar-refractivity contribution in [2.45, 2.75) is 38.1 Å². The van der Waals surface area contributed by atoms with Gasteiger partial charge in [-0.15, -0.1) is 0 Å². The molecule has 1 amide bonds. The molecule has 1 heterocycles. The van der Waals surface area contributed by atoms with Crippen molar-refractivity contribution in [3.8, 4) is 0 Å². The molecule has 0 bridgehead atoms. The monoisotopic (exact) mass is 303 g/mol. The third-order valence-corrected chi connectivity index (χ3v) is 5.12. The van der Waals surface area contributed by atoms with E-state index in [9.17, 15) is 13.2 Å². The molecule has 7 heteroatoms. The molecular weight excluding hydrogens is 278 g/mol. The highest BCUT2D eigenvalue weighted by Crippen LogP contribution is 2.19. The number of piperidine rings is 1. The Morgan fingerprint density at radius 3 is 2.70 bits per heavy atom. The van der Waals surface area contributed by atoms with Gasteiger partial charge in [0, 0.05) is 32.1 Å². The Morgan fingerprint density at radius 1 is 1.30 bits per heavy atom. The summed E-state index contributed by atoms with van der Waals surface area (Å²) in [4.78, 5) is 11.5. The van der Waals surface area contributed by atoms with Crippen molar-refractivity contribution in [2.75, 3.05) is 32.4 Å². The SMILES string of the molecule is CS(=O)(=O)N1CCCC(CNCCC(=O)NC2CC2)C1. The van der Waals surface area contributed by atoms with Crippen LogP contribution in [0.4, 0.5) is 0 Å². The summed E-state index contributed by atoms with van der Waals surface area (Å²) < 4.78 is 24.6. The summed E-state index contributed by atoms with van der Waals surface area (Å²) >= 11 is 0. The van der Waals surface area contributed by atoms with E-state index in [2.05, 4.69) is 10.6 Å². The predicted octanol–water partition coefficient (Wildman–Crippen LogP) is -0.0837. The molecular formula is C13H25N3O3S. The first-order chi connectivity index (χ1) is 9.45. The predicted molar refractivity (Wildman–Crippen MR) is 77.8 cm³/mol. The summed E-state index contributed by atoms with van der Waals surface area (Å²) in [7, 11) is -3.07. The molecule has 2 N–H and O–H groups in total. The van der Waals surface area contributed by atoms with Crippen LogP contribution in [-0.2, 0) is 14.8 Å². The van der Waals surface area contributed by atoms with Gasteiger partial charge in [-0.2, -0.15) is 0 Å². The number of sulfonamides is 1. The van der Waals surface area contributed by atoms with Crippen LogP contribution in [0.1, 0.15) is 32.1 Å². The van der Waals surface area contributed by atoms with E-state index in [1.54, 1.807) is 4.31 Å². The summed E-state index contributed by atoms with van der Waals surface area (Å²) in [5.41, 5.74) is 0. The van der Waals surface area contributed by atoms with Crippen molar-refractivity contribution in [1.82, 2.24) is 14.9 Å². The smallest absolute Gasteiger partial charge is 0.221 e. The molecule has 1 unspecified atom stereocenters. The Hall–Kier alpha value is -0.660. The molecule has 20 heavy (non-hydrogen) atoms. The van der Waals surface area contributed by atoms with Crippen molar-refractivity contribution in [3.63, 3.8) is 0 Å². The molecule has 116 valence electrons. The van der Waals surface area contributed by atoms with E-state index in [0.717, 1.165) is 32.2 Å². The summed E-state index contributed by atoms with van der Waals surface area (Å²) in [6.45, 7) is 2.68. The van der Waals surface area contributed by atoms with Crippen LogP contribution in [0.25, 0.3) is 0 Å². The van der Waals surface area contributed by atoms with E-state index in [4.69, 9.17) is 0 Å². The standard InChI is InChI=1S/C13H25N3O3S/c1-20(18,19)16-8-2-3-11(10-16)9-14-7-6-13(17)15-12-4-5-12/h11-12,14H,2-10H2,1H3,(H,15,17). The Balaban J connectivity index is 1.60. The van der Waals surface area contributed by atoms with Crippen molar-refractivity contribution < 1.29 is 13.2 Å². The fourth-order valence-electron chi connectivity index (χ4n) is 2.53. The average Bonchev–Trinajstić information content (AvgIpc) is 3.18. The maximum atomic E-state index is 11.5. The molecule has 1 aliphatic heterocycles. The molecule has 1 aliphatic carbocycles. The van der Waals surface area contributed by atoms with Crippen LogP contribution in [0.5, 0.6) is 0 Å².